The van der Waals surface area contributed by atoms with Crippen LogP contribution in [0.15, 0.2) is 24.5 Å². The third kappa shape index (κ3) is 4.15. The molecule has 0 bridgehead atoms. The fraction of sp³-hybridized carbons (Fsp3) is 0.524. The molecule has 1 amide bonds. The predicted octanol–water partition coefficient (Wildman–Crippen LogP) is 3.47. The lowest BCUT2D eigenvalue weighted by atomic mass is 10.1. The average Bonchev–Trinajstić information content (AvgIpc) is 3.45. The first kappa shape index (κ1) is 21.3. The second-order valence-electron chi connectivity index (χ2n) is 8.12. The van der Waals surface area contributed by atoms with Crippen molar-refractivity contribution in [2.75, 3.05) is 13.1 Å². The van der Waals surface area contributed by atoms with Gasteiger partial charge in [0.05, 0.1) is 11.6 Å². The van der Waals surface area contributed by atoms with Gasteiger partial charge in [0.15, 0.2) is 5.65 Å². The largest absolute Gasteiger partial charge is 0.433 e. The number of alkyl halides is 3. The van der Waals surface area contributed by atoms with Gasteiger partial charge in [0, 0.05) is 49.7 Å². The third-order valence-electron chi connectivity index (χ3n) is 5.89. The van der Waals surface area contributed by atoms with Crippen LogP contribution < -0.4 is 0 Å². The van der Waals surface area contributed by atoms with Crippen LogP contribution in [0.1, 0.15) is 49.1 Å². The second kappa shape index (κ2) is 7.97. The van der Waals surface area contributed by atoms with Crippen molar-refractivity contribution in [2.24, 2.45) is 5.92 Å². The van der Waals surface area contributed by atoms with Gasteiger partial charge in [-0.15, -0.1) is 0 Å². The van der Waals surface area contributed by atoms with Crippen molar-refractivity contribution >= 4 is 11.6 Å². The average molecular weight is 434 g/mol. The highest BCUT2D eigenvalue weighted by Gasteiger charge is 2.36. The molecule has 0 radical (unpaired) electrons. The van der Waals surface area contributed by atoms with Gasteiger partial charge < -0.3 is 9.47 Å². The fourth-order valence-corrected chi connectivity index (χ4v) is 4.11. The lowest BCUT2D eigenvalue weighted by Crippen LogP contribution is -2.35. The van der Waals surface area contributed by atoms with Crippen molar-refractivity contribution in [3.8, 4) is 0 Å². The van der Waals surface area contributed by atoms with Crippen LogP contribution in [0.3, 0.4) is 0 Å². The summed E-state index contributed by atoms with van der Waals surface area (Å²) in [5.74, 6) is 0.544. The minimum absolute atomic E-state index is 0.0294. The van der Waals surface area contributed by atoms with Crippen LogP contribution in [-0.4, -0.2) is 48.0 Å². The number of carbonyl (C=O) groups is 1. The summed E-state index contributed by atoms with van der Waals surface area (Å²) in [5, 5.41) is 4.23. The maximum Gasteiger partial charge on any atom is 0.433 e. The molecule has 2 unspecified atom stereocenters. The molecule has 166 valence electrons. The molecule has 3 aromatic rings. The summed E-state index contributed by atoms with van der Waals surface area (Å²) in [7, 11) is 0. The molecule has 4 heterocycles. The van der Waals surface area contributed by atoms with E-state index >= 15 is 0 Å². The molecule has 1 aliphatic rings. The fourth-order valence-electron chi connectivity index (χ4n) is 4.11. The van der Waals surface area contributed by atoms with Crippen molar-refractivity contribution < 1.29 is 18.0 Å². The number of amides is 1. The van der Waals surface area contributed by atoms with E-state index in [0.29, 0.717) is 43.9 Å². The maximum atomic E-state index is 13.5. The number of likely N-dealkylation sites (tertiary alicyclic amines) is 1. The minimum Gasteiger partial charge on any atom is -0.342 e. The number of nitrogens with zero attached hydrogens (tertiary/aromatic N) is 6. The van der Waals surface area contributed by atoms with Gasteiger partial charge in [-0.05, 0) is 25.8 Å². The zero-order valence-corrected chi connectivity index (χ0v) is 17.7. The van der Waals surface area contributed by atoms with Crippen molar-refractivity contribution in [2.45, 2.75) is 52.3 Å². The molecule has 7 nitrogen and oxygen atoms in total. The van der Waals surface area contributed by atoms with Crippen LogP contribution in [0, 0.1) is 12.8 Å². The van der Waals surface area contributed by atoms with Gasteiger partial charge in [0.1, 0.15) is 11.5 Å². The molecule has 0 aromatic carbocycles. The Kier molecular flexibility index (Phi) is 5.49. The molecule has 1 aliphatic heterocycles. The minimum atomic E-state index is -4.52. The Balaban J connectivity index is 1.52. The summed E-state index contributed by atoms with van der Waals surface area (Å²) >= 11 is 0. The summed E-state index contributed by atoms with van der Waals surface area (Å²) < 4.78 is 43.4. The molecule has 0 aliphatic carbocycles. The Hall–Kier alpha value is -2.91. The number of halogens is 3. The Bertz CT molecular complexity index is 1100. The van der Waals surface area contributed by atoms with Crippen molar-refractivity contribution in [3.05, 3.63) is 47.4 Å². The summed E-state index contributed by atoms with van der Waals surface area (Å²) in [6.07, 6.45) is 0.0921. The van der Waals surface area contributed by atoms with Gasteiger partial charge in [-0.2, -0.15) is 18.3 Å². The van der Waals surface area contributed by atoms with Gasteiger partial charge in [-0.25, -0.2) is 14.5 Å². The highest BCUT2D eigenvalue weighted by atomic mass is 19.4. The van der Waals surface area contributed by atoms with Crippen LogP contribution in [0.25, 0.3) is 5.65 Å². The molecule has 10 heteroatoms. The van der Waals surface area contributed by atoms with E-state index in [1.54, 1.807) is 24.1 Å². The Morgan fingerprint density at radius 2 is 2.10 bits per heavy atom. The van der Waals surface area contributed by atoms with E-state index in [1.165, 1.54) is 0 Å². The monoisotopic (exact) mass is 434 g/mol. The van der Waals surface area contributed by atoms with Crippen LogP contribution in [-0.2, 0) is 23.9 Å². The summed E-state index contributed by atoms with van der Waals surface area (Å²) in [4.78, 5) is 23.2. The maximum absolute atomic E-state index is 13.5. The molecule has 1 saturated heterocycles. The molecule has 0 saturated carbocycles. The molecule has 4 rings (SSSR count). The topological polar surface area (TPSA) is 68.3 Å². The van der Waals surface area contributed by atoms with E-state index in [1.807, 2.05) is 24.6 Å². The Labute approximate surface area is 177 Å². The zero-order valence-electron chi connectivity index (χ0n) is 17.7. The van der Waals surface area contributed by atoms with Crippen molar-refractivity contribution in [1.82, 2.24) is 29.0 Å². The quantitative estimate of drug-likeness (QED) is 0.617. The van der Waals surface area contributed by atoms with Gasteiger partial charge in [0.25, 0.3) is 0 Å². The molecular weight excluding hydrogens is 409 g/mol. The number of hydrogen-bond donors (Lipinski definition) is 0. The molecule has 3 aromatic heterocycles. The van der Waals surface area contributed by atoms with E-state index in [2.05, 4.69) is 15.1 Å². The standard InChI is InChI=1S/C21H25F3N6O/c1-4-16-9-18(21(22,23)24)30-19(26-16)10-17(27-30)15-5-7-29(12-15)20(31)13(2)11-28-8-6-25-14(28)3/h6,8-10,13,15H,4-5,7,11-12H2,1-3H3. The second-order valence-corrected chi connectivity index (χ2v) is 8.12. The Morgan fingerprint density at radius 1 is 1.32 bits per heavy atom. The highest BCUT2D eigenvalue weighted by molar-refractivity contribution is 5.78. The molecular formula is C21H25F3N6O. The normalized spacial score (nSPS) is 18.1. The number of aryl methyl sites for hydroxylation is 2. The van der Waals surface area contributed by atoms with Crippen LogP contribution >= 0.6 is 0 Å². The molecule has 0 N–H and O–H groups in total. The number of carbonyl (C=O) groups excluding carboxylic acids is 1. The first-order chi connectivity index (χ1) is 14.7. The number of aromatic nitrogens is 5. The van der Waals surface area contributed by atoms with E-state index in [0.717, 1.165) is 16.4 Å². The first-order valence-corrected chi connectivity index (χ1v) is 10.4. The van der Waals surface area contributed by atoms with Crippen LogP contribution in [0.4, 0.5) is 13.2 Å². The van der Waals surface area contributed by atoms with Crippen molar-refractivity contribution in [3.63, 3.8) is 0 Å². The first-order valence-electron chi connectivity index (χ1n) is 10.4. The summed E-state index contributed by atoms with van der Waals surface area (Å²) in [6.45, 7) is 7.08. The lowest BCUT2D eigenvalue weighted by molar-refractivity contribution is -0.142. The molecule has 0 spiro atoms. The van der Waals surface area contributed by atoms with Crippen LogP contribution in [0.5, 0.6) is 0 Å². The number of rotatable bonds is 5. The summed E-state index contributed by atoms with van der Waals surface area (Å²) in [5.41, 5.74) is 0.282. The number of fused-ring (bicyclic) bond motifs is 1. The molecule has 1 fully saturated rings. The van der Waals surface area contributed by atoms with E-state index in [9.17, 15) is 18.0 Å². The van der Waals surface area contributed by atoms with Gasteiger partial charge in [0.2, 0.25) is 5.91 Å². The predicted molar refractivity (Wildman–Crippen MR) is 107 cm³/mol. The zero-order chi connectivity index (χ0) is 22.3. The third-order valence-corrected chi connectivity index (χ3v) is 5.89. The Morgan fingerprint density at radius 3 is 2.74 bits per heavy atom. The van der Waals surface area contributed by atoms with E-state index in [4.69, 9.17) is 0 Å². The number of imidazole rings is 1. The lowest BCUT2D eigenvalue weighted by Gasteiger charge is -2.21. The van der Waals surface area contributed by atoms with Gasteiger partial charge in [-0.3, -0.25) is 4.79 Å². The smallest absolute Gasteiger partial charge is 0.342 e. The van der Waals surface area contributed by atoms with Gasteiger partial charge >= 0.3 is 6.18 Å². The summed E-state index contributed by atoms with van der Waals surface area (Å²) in [6, 6.07) is 2.67. The number of hydrogen-bond acceptors (Lipinski definition) is 4. The van der Waals surface area contributed by atoms with Crippen LogP contribution in [0.2, 0.25) is 0 Å². The van der Waals surface area contributed by atoms with Gasteiger partial charge in [-0.1, -0.05) is 13.8 Å². The van der Waals surface area contributed by atoms with Crippen molar-refractivity contribution in [1.29, 1.82) is 0 Å². The van der Waals surface area contributed by atoms with E-state index < -0.39 is 11.9 Å². The molecule has 2 atom stereocenters. The van der Waals surface area contributed by atoms with E-state index in [-0.39, 0.29) is 23.4 Å². The highest BCUT2D eigenvalue weighted by Crippen LogP contribution is 2.32. The SMILES string of the molecule is CCc1cc(C(F)(F)F)n2nc(C3CCN(C(=O)C(C)Cn4ccnc4C)C3)cc2n1. The molecule has 31 heavy (non-hydrogen) atoms.